The predicted molar refractivity (Wildman–Crippen MR) is 83.0 cm³/mol. The highest BCUT2D eigenvalue weighted by Crippen LogP contribution is 2.27. The van der Waals surface area contributed by atoms with E-state index in [1.54, 1.807) is 18.2 Å². The second kappa shape index (κ2) is 6.66. The lowest BCUT2D eigenvalue weighted by molar-refractivity contribution is -0.122. The average Bonchev–Trinajstić information content (AvgIpc) is 2.49. The van der Waals surface area contributed by atoms with Gasteiger partial charge in [-0.15, -0.1) is 0 Å². The number of primary amides is 1. The maximum absolute atomic E-state index is 12.7. The first-order chi connectivity index (χ1) is 10.4. The molecule has 122 valence electrons. The van der Waals surface area contributed by atoms with Gasteiger partial charge in [-0.25, -0.2) is 8.42 Å². The van der Waals surface area contributed by atoms with E-state index in [0.717, 1.165) is 5.56 Å². The van der Waals surface area contributed by atoms with Crippen LogP contribution in [0, 0.1) is 12.8 Å². The van der Waals surface area contributed by atoms with Crippen LogP contribution in [0.1, 0.15) is 25.3 Å². The number of hydrogen-bond donors (Lipinski definition) is 1. The number of amides is 1. The van der Waals surface area contributed by atoms with Crippen LogP contribution in [-0.4, -0.2) is 38.3 Å². The smallest absolute Gasteiger partial charge is 0.243 e. The van der Waals surface area contributed by atoms with E-state index in [1.165, 1.54) is 4.31 Å². The molecule has 2 rings (SSSR count). The Morgan fingerprint density at radius 2 is 2.18 bits per heavy atom. The zero-order chi connectivity index (χ0) is 16.3. The molecule has 2 N–H and O–H groups in total. The molecule has 7 heteroatoms. The topological polar surface area (TPSA) is 89.7 Å². The molecule has 1 aliphatic rings. The predicted octanol–water partition coefficient (Wildman–Crippen LogP) is 1.28. The fourth-order valence-electron chi connectivity index (χ4n) is 2.64. The summed E-state index contributed by atoms with van der Waals surface area (Å²) in [6.45, 7) is 4.79. The standard InChI is InChI=1S/C15H22N2O4S/c1-3-21-14-7-6-13(9-11(14)2)22(19,20)17-8-4-5-12(10-17)15(16)18/h6-7,9,12H,3-5,8,10H2,1-2H3,(H2,16,18)/t12-/m0/s1. The van der Waals surface area contributed by atoms with Crippen LogP contribution >= 0.6 is 0 Å². The average molecular weight is 326 g/mol. The number of rotatable bonds is 5. The number of benzene rings is 1. The third-order valence-corrected chi connectivity index (χ3v) is 5.73. The van der Waals surface area contributed by atoms with E-state index in [1.807, 2.05) is 13.8 Å². The van der Waals surface area contributed by atoms with E-state index in [-0.39, 0.29) is 11.4 Å². The van der Waals surface area contributed by atoms with Gasteiger partial charge in [-0.2, -0.15) is 4.31 Å². The van der Waals surface area contributed by atoms with Crippen molar-refractivity contribution >= 4 is 15.9 Å². The first-order valence-corrected chi connectivity index (χ1v) is 8.83. The van der Waals surface area contributed by atoms with Crippen molar-refractivity contribution in [1.29, 1.82) is 0 Å². The molecule has 1 aliphatic heterocycles. The molecule has 1 fully saturated rings. The maximum atomic E-state index is 12.7. The Morgan fingerprint density at radius 3 is 2.77 bits per heavy atom. The summed E-state index contributed by atoms with van der Waals surface area (Å²) < 4.78 is 32.2. The van der Waals surface area contributed by atoms with Crippen molar-refractivity contribution in [2.45, 2.75) is 31.6 Å². The van der Waals surface area contributed by atoms with Gasteiger partial charge in [0, 0.05) is 13.1 Å². The third-order valence-electron chi connectivity index (χ3n) is 3.87. The molecule has 1 heterocycles. The van der Waals surface area contributed by atoms with Gasteiger partial charge in [0.15, 0.2) is 0 Å². The second-order valence-electron chi connectivity index (χ2n) is 5.46. The normalized spacial score (nSPS) is 19.8. The Hall–Kier alpha value is -1.60. The molecule has 0 aliphatic carbocycles. The number of nitrogens with two attached hydrogens (primary N) is 1. The van der Waals surface area contributed by atoms with Crippen molar-refractivity contribution in [2.24, 2.45) is 11.7 Å². The van der Waals surface area contributed by atoms with Crippen LogP contribution in [0.4, 0.5) is 0 Å². The molecule has 0 saturated carbocycles. The van der Waals surface area contributed by atoms with Gasteiger partial charge in [0.2, 0.25) is 15.9 Å². The SMILES string of the molecule is CCOc1ccc(S(=O)(=O)N2CCC[C@H](C(N)=O)C2)cc1C. The highest BCUT2D eigenvalue weighted by molar-refractivity contribution is 7.89. The lowest BCUT2D eigenvalue weighted by Crippen LogP contribution is -2.44. The molecule has 0 bridgehead atoms. The van der Waals surface area contributed by atoms with Crippen molar-refractivity contribution in [2.75, 3.05) is 19.7 Å². The molecule has 22 heavy (non-hydrogen) atoms. The summed E-state index contributed by atoms with van der Waals surface area (Å²) in [5, 5.41) is 0. The Kier molecular flexibility index (Phi) is 5.08. The van der Waals surface area contributed by atoms with Crippen molar-refractivity contribution in [1.82, 2.24) is 4.31 Å². The van der Waals surface area contributed by atoms with Gasteiger partial charge in [-0.3, -0.25) is 4.79 Å². The zero-order valence-corrected chi connectivity index (χ0v) is 13.7. The highest BCUT2D eigenvalue weighted by atomic mass is 32.2. The molecule has 0 aromatic heterocycles. The van der Waals surface area contributed by atoms with E-state index < -0.39 is 21.8 Å². The number of carbonyl (C=O) groups is 1. The number of sulfonamides is 1. The maximum Gasteiger partial charge on any atom is 0.243 e. The van der Waals surface area contributed by atoms with Gasteiger partial charge in [-0.05, 0) is 50.5 Å². The fraction of sp³-hybridized carbons (Fsp3) is 0.533. The van der Waals surface area contributed by atoms with Crippen molar-refractivity contribution in [3.8, 4) is 5.75 Å². The van der Waals surface area contributed by atoms with E-state index in [2.05, 4.69) is 0 Å². The van der Waals surface area contributed by atoms with Gasteiger partial charge in [0.05, 0.1) is 17.4 Å². The number of hydrogen-bond acceptors (Lipinski definition) is 4. The van der Waals surface area contributed by atoms with Gasteiger partial charge in [-0.1, -0.05) is 0 Å². The molecule has 1 aromatic rings. The van der Waals surface area contributed by atoms with E-state index in [0.29, 0.717) is 31.7 Å². The van der Waals surface area contributed by atoms with E-state index >= 15 is 0 Å². The number of ether oxygens (including phenoxy) is 1. The summed E-state index contributed by atoms with van der Waals surface area (Å²) in [7, 11) is -3.61. The number of aryl methyl sites for hydroxylation is 1. The van der Waals surface area contributed by atoms with Gasteiger partial charge >= 0.3 is 0 Å². The minimum Gasteiger partial charge on any atom is -0.494 e. The zero-order valence-electron chi connectivity index (χ0n) is 12.9. The molecular formula is C15H22N2O4S. The van der Waals surface area contributed by atoms with E-state index in [4.69, 9.17) is 10.5 Å². The summed E-state index contributed by atoms with van der Waals surface area (Å²) in [6, 6.07) is 4.82. The summed E-state index contributed by atoms with van der Waals surface area (Å²) in [5.74, 6) is -0.176. The molecule has 0 radical (unpaired) electrons. The lowest BCUT2D eigenvalue weighted by Gasteiger charge is -2.30. The van der Waals surface area contributed by atoms with Crippen LogP contribution in [0.25, 0.3) is 0 Å². The monoisotopic (exact) mass is 326 g/mol. The van der Waals surface area contributed by atoms with Crippen LogP contribution in [0.15, 0.2) is 23.1 Å². The molecular weight excluding hydrogens is 304 g/mol. The largest absolute Gasteiger partial charge is 0.494 e. The van der Waals surface area contributed by atoms with Crippen LogP contribution in [0.2, 0.25) is 0 Å². The minimum atomic E-state index is -3.61. The Morgan fingerprint density at radius 1 is 1.45 bits per heavy atom. The first kappa shape index (κ1) is 16.8. The molecule has 6 nitrogen and oxygen atoms in total. The highest BCUT2D eigenvalue weighted by Gasteiger charge is 2.32. The van der Waals surface area contributed by atoms with Crippen LogP contribution in [-0.2, 0) is 14.8 Å². The van der Waals surface area contributed by atoms with E-state index in [9.17, 15) is 13.2 Å². The summed E-state index contributed by atoms with van der Waals surface area (Å²) in [4.78, 5) is 11.5. The molecule has 1 aromatic carbocycles. The summed E-state index contributed by atoms with van der Waals surface area (Å²) in [5.41, 5.74) is 6.08. The van der Waals surface area contributed by atoms with Crippen LogP contribution in [0.5, 0.6) is 5.75 Å². The Labute approximate surface area is 131 Å². The van der Waals surface area contributed by atoms with Crippen molar-refractivity contribution < 1.29 is 17.9 Å². The first-order valence-electron chi connectivity index (χ1n) is 7.39. The van der Waals surface area contributed by atoms with Crippen molar-refractivity contribution in [3.63, 3.8) is 0 Å². The fourth-order valence-corrected chi connectivity index (χ4v) is 4.25. The lowest BCUT2D eigenvalue weighted by atomic mass is 9.99. The van der Waals surface area contributed by atoms with Crippen molar-refractivity contribution in [3.05, 3.63) is 23.8 Å². The van der Waals surface area contributed by atoms with Gasteiger partial charge < -0.3 is 10.5 Å². The summed E-state index contributed by atoms with van der Waals surface area (Å²) >= 11 is 0. The van der Waals surface area contributed by atoms with Gasteiger partial charge in [0.1, 0.15) is 5.75 Å². The Bertz CT molecular complexity index is 658. The minimum absolute atomic E-state index is 0.157. The summed E-state index contributed by atoms with van der Waals surface area (Å²) in [6.07, 6.45) is 1.28. The number of nitrogens with zero attached hydrogens (tertiary/aromatic N) is 1. The molecule has 1 atom stereocenters. The molecule has 1 saturated heterocycles. The molecule has 0 unspecified atom stereocenters. The molecule has 1 amide bonds. The quantitative estimate of drug-likeness (QED) is 0.882. The van der Waals surface area contributed by atoms with Crippen LogP contribution in [0.3, 0.4) is 0 Å². The van der Waals surface area contributed by atoms with Gasteiger partial charge in [0.25, 0.3) is 0 Å². The van der Waals surface area contributed by atoms with Crippen LogP contribution < -0.4 is 10.5 Å². The molecule has 0 spiro atoms. The number of carbonyl (C=O) groups excluding carboxylic acids is 1. The second-order valence-corrected chi connectivity index (χ2v) is 7.40. The third kappa shape index (κ3) is 3.41. The number of piperidine rings is 1. The Balaban J connectivity index is 2.26.